The molecule has 0 aliphatic carbocycles. The summed E-state index contributed by atoms with van der Waals surface area (Å²) in [5.74, 6) is -1.95. The number of halogens is 3. The van der Waals surface area contributed by atoms with Gasteiger partial charge in [-0.1, -0.05) is 11.8 Å². The summed E-state index contributed by atoms with van der Waals surface area (Å²) in [6.07, 6.45) is -4.75. The first kappa shape index (κ1) is 22.6. The molecule has 30 heavy (non-hydrogen) atoms. The molecule has 2 rings (SSSR count). The number of amides is 2. The minimum absolute atomic E-state index is 0.0238. The van der Waals surface area contributed by atoms with Gasteiger partial charge in [0.1, 0.15) is 11.1 Å². The fraction of sp³-hybridized carbons (Fsp3) is 0.176. The first-order valence-corrected chi connectivity index (χ1v) is 8.97. The van der Waals surface area contributed by atoms with E-state index in [-0.39, 0.29) is 22.0 Å². The summed E-state index contributed by atoms with van der Waals surface area (Å²) in [5.41, 5.74) is 2.13. The lowest BCUT2D eigenvalue weighted by molar-refractivity contribution is -0.384. The normalized spacial score (nSPS) is 10.8. The average molecular weight is 439 g/mol. The van der Waals surface area contributed by atoms with Gasteiger partial charge in [0, 0.05) is 23.4 Å². The number of nitriles is 1. The first-order valence-electron chi connectivity index (χ1n) is 7.98. The lowest BCUT2D eigenvalue weighted by atomic mass is 10.1. The maximum absolute atomic E-state index is 13.1. The van der Waals surface area contributed by atoms with Crippen LogP contribution in [0.3, 0.4) is 0 Å². The van der Waals surface area contributed by atoms with Crippen molar-refractivity contribution in [2.45, 2.75) is 18.1 Å². The van der Waals surface area contributed by atoms with Gasteiger partial charge < -0.3 is 0 Å². The zero-order chi connectivity index (χ0) is 22.5. The number of aryl methyl sites for hydroxylation is 1. The number of benzene rings is 1. The van der Waals surface area contributed by atoms with Crippen molar-refractivity contribution in [2.75, 3.05) is 5.75 Å². The van der Waals surface area contributed by atoms with E-state index >= 15 is 0 Å². The third-order valence-corrected chi connectivity index (χ3v) is 4.50. The Morgan fingerprint density at radius 2 is 1.90 bits per heavy atom. The molecule has 1 aromatic heterocycles. The number of hydrazine groups is 1. The molecule has 0 bridgehead atoms. The highest BCUT2D eigenvalue weighted by atomic mass is 32.2. The quantitative estimate of drug-likeness (QED) is 0.415. The molecule has 2 amide bonds. The SMILES string of the molecule is Cc1cc(C(F)(F)F)c(C#N)c(SCC(=O)NNC(=O)c2ccc([N+](=O)[O-])cc2)n1. The van der Waals surface area contributed by atoms with E-state index in [9.17, 15) is 32.9 Å². The molecule has 0 radical (unpaired) electrons. The van der Waals surface area contributed by atoms with E-state index in [1.807, 2.05) is 0 Å². The number of hydrogen-bond donors (Lipinski definition) is 2. The van der Waals surface area contributed by atoms with E-state index in [4.69, 9.17) is 5.26 Å². The van der Waals surface area contributed by atoms with Crippen LogP contribution in [-0.2, 0) is 11.0 Å². The van der Waals surface area contributed by atoms with Crippen LogP contribution in [0.15, 0.2) is 35.4 Å². The minimum Gasteiger partial charge on any atom is -0.272 e. The fourth-order valence-electron chi connectivity index (χ4n) is 2.18. The van der Waals surface area contributed by atoms with Gasteiger partial charge in [0.15, 0.2) is 0 Å². The van der Waals surface area contributed by atoms with Crippen LogP contribution >= 0.6 is 11.8 Å². The van der Waals surface area contributed by atoms with Crippen LogP contribution in [0, 0.1) is 28.4 Å². The van der Waals surface area contributed by atoms with Gasteiger partial charge >= 0.3 is 6.18 Å². The summed E-state index contributed by atoms with van der Waals surface area (Å²) < 4.78 is 39.2. The van der Waals surface area contributed by atoms with Crippen LogP contribution in [-0.4, -0.2) is 27.5 Å². The van der Waals surface area contributed by atoms with Crippen molar-refractivity contribution in [2.24, 2.45) is 0 Å². The fourth-order valence-corrected chi connectivity index (χ4v) is 3.03. The number of hydrogen-bond acceptors (Lipinski definition) is 7. The zero-order valence-electron chi connectivity index (χ0n) is 15.1. The van der Waals surface area contributed by atoms with E-state index in [0.29, 0.717) is 11.8 Å². The molecule has 2 aromatic rings. The standard InChI is InChI=1S/C17H12F3N5O4S/c1-9-6-13(17(18,19)20)12(7-21)16(22-9)30-8-14(26)23-24-15(27)10-2-4-11(5-3-10)25(28)29/h2-6H,8H2,1H3,(H,23,26)(H,24,27). The van der Waals surface area contributed by atoms with Crippen molar-refractivity contribution in [1.82, 2.24) is 15.8 Å². The molecule has 0 unspecified atom stereocenters. The number of aromatic nitrogens is 1. The maximum Gasteiger partial charge on any atom is 0.417 e. The molecule has 0 spiro atoms. The van der Waals surface area contributed by atoms with Crippen molar-refractivity contribution in [3.8, 4) is 6.07 Å². The Hall–Kier alpha value is -3.66. The number of pyridine rings is 1. The molecular weight excluding hydrogens is 427 g/mol. The zero-order valence-corrected chi connectivity index (χ0v) is 15.9. The summed E-state index contributed by atoms with van der Waals surface area (Å²) in [4.78, 5) is 37.6. The molecular formula is C17H12F3N5O4S. The Morgan fingerprint density at radius 1 is 1.27 bits per heavy atom. The van der Waals surface area contributed by atoms with Gasteiger partial charge in [-0.3, -0.25) is 30.6 Å². The lowest BCUT2D eigenvalue weighted by Gasteiger charge is -2.13. The summed E-state index contributed by atoms with van der Waals surface area (Å²) in [5, 5.41) is 19.4. The van der Waals surface area contributed by atoms with E-state index in [1.54, 1.807) is 0 Å². The molecule has 0 fully saturated rings. The van der Waals surface area contributed by atoms with Gasteiger partial charge in [-0.15, -0.1) is 0 Å². The number of nitrogens with zero attached hydrogens (tertiary/aromatic N) is 3. The molecule has 0 saturated heterocycles. The molecule has 1 aromatic carbocycles. The number of nitro groups is 1. The highest BCUT2D eigenvalue weighted by Crippen LogP contribution is 2.35. The summed E-state index contributed by atoms with van der Waals surface area (Å²) in [6, 6.07) is 6.78. The summed E-state index contributed by atoms with van der Waals surface area (Å²) in [7, 11) is 0. The van der Waals surface area contributed by atoms with Crippen LogP contribution in [0.25, 0.3) is 0 Å². The molecule has 1 heterocycles. The van der Waals surface area contributed by atoms with Gasteiger partial charge in [0.25, 0.3) is 11.6 Å². The molecule has 9 nitrogen and oxygen atoms in total. The maximum atomic E-state index is 13.1. The first-order chi connectivity index (χ1) is 14.0. The molecule has 0 aliphatic heterocycles. The third-order valence-electron chi connectivity index (χ3n) is 3.53. The Labute approximate surface area is 171 Å². The second-order valence-corrected chi connectivity index (χ2v) is 6.66. The van der Waals surface area contributed by atoms with E-state index in [1.165, 1.54) is 25.1 Å². The topological polar surface area (TPSA) is 138 Å². The predicted octanol–water partition coefficient (Wildman–Crippen LogP) is 2.74. The van der Waals surface area contributed by atoms with E-state index in [0.717, 1.165) is 18.2 Å². The number of nitro benzene ring substituents is 1. The van der Waals surface area contributed by atoms with Crippen molar-refractivity contribution in [3.05, 3.63) is 62.8 Å². The van der Waals surface area contributed by atoms with Crippen LogP contribution in [0.1, 0.15) is 27.2 Å². The van der Waals surface area contributed by atoms with Crippen molar-refractivity contribution in [1.29, 1.82) is 5.26 Å². The molecule has 13 heteroatoms. The molecule has 0 saturated carbocycles. The van der Waals surface area contributed by atoms with Gasteiger partial charge in [-0.25, -0.2) is 4.98 Å². The number of nitrogens with one attached hydrogen (secondary N) is 2. The van der Waals surface area contributed by atoms with Gasteiger partial charge in [-0.2, -0.15) is 18.4 Å². The molecule has 2 N–H and O–H groups in total. The Kier molecular flexibility index (Phi) is 6.96. The predicted molar refractivity (Wildman–Crippen MR) is 98.1 cm³/mol. The summed E-state index contributed by atoms with van der Waals surface area (Å²) in [6.45, 7) is 1.32. The van der Waals surface area contributed by atoms with Crippen molar-refractivity contribution >= 4 is 29.3 Å². The Morgan fingerprint density at radius 3 is 2.43 bits per heavy atom. The second kappa shape index (κ2) is 9.23. The third kappa shape index (κ3) is 5.67. The minimum atomic E-state index is -4.75. The van der Waals surface area contributed by atoms with Gasteiger partial charge in [0.05, 0.1) is 21.8 Å². The van der Waals surface area contributed by atoms with Crippen molar-refractivity contribution in [3.63, 3.8) is 0 Å². The van der Waals surface area contributed by atoms with E-state index in [2.05, 4.69) is 15.8 Å². The van der Waals surface area contributed by atoms with E-state index < -0.39 is 39.8 Å². The molecule has 0 aliphatic rings. The Balaban J connectivity index is 2.00. The number of thioether (sulfide) groups is 1. The second-order valence-electron chi connectivity index (χ2n) is 5.70. The number of carbonyl (C=O) groups is 2. The van der Waals surface area contributed by atoms with Gasteiger partial charge in [-0.05, 0) is 25.1 Å². The number of carbonyl (C=O) groups excluding carboxylic acids is 2. The average Bonchev–Trinajstić information content (AvgIpc) is 2.69. The van der Waals surface area contributed by atoms with Gasteiger partial charge in [0.2, 0.25) is 5.91 Å². The number of non-ortho nitro benzene ring substituents is 1. The smallest absolute Gasteiger partial charge is 0.272 e. The monoisotopic (exact) mass is 439 g/mol. The number of alkyl halides is 3. The van der Waals surface area contributed by atoms with Crippen molar-refractivity contribution < 1.29 is 27.7 Å². The molecule has 0 atom stereocenters. The largest absolute Gasteiger partial charge is 0.417 e. The van der Waals surface area contributed by atoms with Crippen LogP contribution in [0.5, 0.6) is 0 Å². The summed E-state index contributed by atoms with van der Waals surface area (Å²) >= 11 is 0.605. The lowest BCUT2D eigenvalue weighted by Crippen LogP contribution is -2.42. The van der Waals surface area contributed by atoms with Crippen LogP contribution < -0.4 is 10.9 Å². The Bertz CT molecular complexity index is 1040. The highest BCUT2D eigenvalue weighted by Gasteiger charge is 2.35. The van der Waals surface area contributed by atoms with Crippen LogP contribution in [0.2, 0.25) is 0 Å². The number of rotatable bonds is 5. The molecule has 156 valence electrons. The van der Waals surface area contributed by atoms with Crippen LogP contribution in [0.4, 0.5) is 18.9 Å². The highest BCUT2D eigenvalue weighted by molar-refractivity contribution is 8.00.